The number of pyridine rings is 1. The predicted octanol–water partition coefficient (Wildman–Crippen LogP) is 2.81. The van der Waals surface area contributed by atoms with Gasteiger partial charge in [-0.2, -0.15) is 18.3 Å². The fourth-order valence-corrected chi connectivity index (χ4v) is 2.80. The van der Waals surface area contributed by atoms with E-state index in [4.69, 9.17) is 0 Å². The van der Waals surface area contributed by atoms with Crippen LogP contribution in [0.4, 0.5) is 18.9 Å². The van der Waals surface area contributed by atoms with Crippen molar-refractivity contribution in [3.8, 4) is 0 Å². The van der Waals surface area contributed by atoms with Crippen LogP contribution in [0.5, 0.6) is 0 Å². The number of carbonyl (C=O) groups excluding carboxylic acids is 1. The van der Waals surface area contributed by atoms with E-state index in [2.05, 4.69) is 15.4 Å². The van der Waals surface area contributed by atoms with E-state index in [0.29, 0.717) is 30.6 Å². The maximum atomic E-state index is 13.1. The Labute approximate surface area is 130 Å². The second kappa shape index (κ2) is 6.02. The van der Waals surface area contributed by atoms with E-state index in [1.165, 1.54) is 10.9 Å². The first kappa shape index (κ1) is 15.5. The molecule has 5 nitrogen and oxygen atoms in total. The van der Waals surface area contributed by atoms with Crippen molar-refractivity contribution < 1.29 is 18.0 Å². The number of fused-ring (bicyclic) bond motifs is 1. The fourth-order valence-electron chi connectivity index (χ4n) is 2.80. The van der Waals surface area contributed by atoms with E-state index in [-0.39, 0.29) is 12.1 Å². The smallest absolute Gasteiger partial charge is 0.323 e. The first-order chi connectivity index (χ1) is 10.9. The van der Waals surface area contributed by atoms with Crippen molar-refractivity contribution in [3.05, 3.63) is 41.5 Å². The van der Waals surface area contributed by atoms with E-state index in [1.807, 2.05) is 0 Å². The highest BCUT2D eigenvalue weighted by Crippen LogP contribution is 2.35. The Morgan fingerprint density at radius 1 is 1.30 bits per heavy atom. The second-order valence-electron chi connectivity index (χ2n) is 5.43. The lowest BCUT2D eigenvalue weighted by atomic mass is 9.95. The summed E-state index contributed by atoms with van der Waals surface area (Å²) in [6.45, 7) is -0.243. The number of alkyl halides is 3. The van der Waals surface area contributed by atoms with Crippen LogP contribution in [0, 0.1) is 0 Å². The summed E-state index contributed by atoms with van der Waals surface area (Å²) in [6, 6.07) is 3.32. The maximum Gasteiger partial charge on any atom is 0.435 e. The summed E-state index contributed by atoms with van der Waals surface area (Å²) in [6.07, 6.45) is 0.927. The summed E-state index contributed by atoms with van der Waals surface area (Å²) < 4.78 is 40.4. The third kappa shape index (κ3) is 3.35. The fraction of sp³-hybridized carbons (Fsp3) is 0.400. The molecule has 2 aromatic heterocycles. The van der Waals surface area contributed by atoms with E-state index in [0.717, 1.165) is 6.42 Å². The lowest BCUT2D eigenvalue weighted by Gasteiger charge is -2.14. The van der Waals surface area contributed by atoms with Crippen molar-refractivity contribution in [1.29, 1.82) is 0 Å². The predicted molar refractivity (Wildman–Crippen MR) is 76.7 cm³/mol. The van der Waals surface area contributed by atoms with Crippen molar-refractivity contribution in [2.75, 3.05) is 5.32 Å². The van der Waals surface area contributed by atoms with E-state index >= 15 is 0 Å². The minimum atomic E-state index is -4.49. The van der Waals surface area contributed by atoms with Gasteiger partial charge < -0.3 is 5.32 Å². The largest absolute Gasteiger partial charge is 0.435 e. The molecule has 0 atom stereocenters. The average molecular weight is 324 g/mol. The molecule has 0 saturated carbocycles. The van der Waals surface area contributed by atoms with Gasteiger partial charge >= 0.3 is 6.18 Å². The molecule has 0 radical (unpaired) electrons. The number of aromatic nitrogens is 3. The summed E-state index contributed by atoms with van der Waals surface area (Å²) in [5, 5.41) is 6.26. The molecule has 122 valence electrons. The summed E-state index contributed by atoms with van der Waals surface area (Å²) in [7, 11) is 0. The minimum absolute atomic E-state index is 0.234. The first-order valence-electron chi connectivity index (χ1n) is 7.31. The Morgan fingerprint density at radius 2 is 2.09 bits per heavy atom. The van der Waals surface area contributed by atoms with Gasteiger partial charge in [-0.05, 0) is 37.8 Å². The lowest BCUT2D eigenvalue weighted by molar-refractivity contribution is -0.142. The highest BCUT2D eigenvalue weighted by Gasteiger charge is 2.39. The van der Waals surface area contributed by atoms with Crippen LogP contribution in [0.15, 0.2) is 24.5 Å². The molecule has 3 rings (SSSR count). The molecule has 0 aliphatic heterocycles. The van der Waals surface area contributed by atoms with Crippen LogP contribution in [0.2, 0.25) is 0 Å². The third-order valence-corrected chi connectivity index (χ3v) is 3.76. The molecule has 0 unspecified atom stereocenters. The van der Waals surface area contributed by atoms with Gasteiger partial charge in [0.15, 0.2) is 5.69 Å². The number of rotatable bonds is 3. The number of nitrogens with zero attached hydrogens (tertiary/aromatic N) is 3. The van der Waals surface area contributed by atoms with Gasteiger partial charge in [0, 0.05) is 17.5 Å². The van der Waals surface area contributed by atoms with Crippen molar-refractivity contribution >= 4 is 11.6 Å². The number of anilines is 1. The number of halogens is 3. The first-order valence-corrected chi connectivity index (χ1v) is 7.31. The Bertz CT molecular complexity index is 710. The van der Waals surface area contributed by atoms with Crippen LogP contribution >= 0.6 is 0 Å². The number of hydrogen-bond acceptors (Lipinski definition) is 3. The van der Waals surface area contributed by atoms with Crippen LogP contribution in [-0.4, -0.2) is 20.7 Å². The van der Waals surface area contributed by atoms with Crippen LogP contribution in [-0.2, 0) is 30.4 Å². The molecule has 0 bridgehead atoms. The molecule has 0 spiro atoms. The van der Waals surface area contributed by atoms with E-state index < -0.39 is 17.8 Å². The Morgan fingerprint density at radius 3 is 2.78 bits per heavy atom. The van der Waals surface area contributed by atoms with Gasteiger partial charge in [0.05, 0.1) is 11.9 Å². The number of nitrogens with one attached hydrogen (secondary N) is 1. The Kier molecular flexibility index (Phi) is 4.06. The number of hydrogen-bond donors (Lipinski definition) is 1. The monoisotopic (exact) mass is 324 g/mol. The zero-order chi connectivity index (χ0) is 16.4. The van der Waals surface area contributed by atoms with Crippen molar-refractivity contribution in [2.45, 2.75) is 38.4 Å². The van der Waals surface area contributed by atoms with Gasteiger partial charge in [-0.3, -0.25) is 14.5 Å². The Balaban J connectivity index is 1.83. The standard InChI is InChI=1S/C15H15F3N4O/c16-15(17,18)14-11-5-1-2-6-12(11)22(21-14)9-13(23)20-10-4-3-7-19-8-10/h3-4,7-8H,1-2,5-6,9H2,(H,20,23). The average Bonchev–Trinajstić information content (AvgIpc) is 2.87. The molecule has 1 aliphatic rings. The SMILES string of the molecule is O=C(Cn1nc(C(F)(F)F)c2c1CCCC2)Nc1cccnc1. The molecular formula is C15H15F3N4O. The topological polar surface area (TPSA) is 59.8 Å². The van der Waals surface area contributed by atoms with Gasteiger partial charge in [-0.25, -0.2) is 0 Å². The van der Waals surface area contributed by atoms with Crippen LogP contribution in [0.25, 0.3) is 0 Å². The highest BCUT2D eigenvalue weighted by molar-refractivity contribution is 5.90. The molecule has 0 aromatic carbocycles. The molecule has 1 N–H and O–H groups in total. The molecule has 23 heavy (non-hydrogen) atoms. The van der Waals surface area contributed by atoms with Gasteiger partial charge in [-0.15, -0.1) is 0 Å². The maximum absolute atomic E-state index is 13.1. The zero-order valence-electron chi connectivity index (χ0n) is 12.2. The van der Waals surface area contributed by atoms with Crippen LogP contribution in [0.1, 0.15) is 29.8 Å². The molecular weight excluding hydrogens is 309 g/mol. The van der Waals surface area contributed by atoms with E-state index in [1.54, 1.807) is 18.3 Å². The summed E-state index contributed by atoms with van der Waals surface area (Å²) in [4.78, 5) is 15.9. The van der Waals surface area contributed by atoms with Gasteiger partial charge in [0.25, 0.3) is 0 Å². The normalized spacial score (nSPS) is 14.4. The minimum Gasteiger partial charge on any atom is -0.323 e. The quantitative estimate of drug-likeness (QED) is 0.944. The molecule has 1 aliphatic carbocycles. The van der Waals surface area contributed by atoms with Gasteiger partial charge in [-0.1, -0.05) is 0 Å². The zero-order valence-corrected chi connectivity index (χ0v) is 12.2. The Hall–Kier alpha value is -2.38. The van der Waals surface area contributed by atoms with Gasteiger partial charge in [0.2, 0.25) is 5.91 Å². The second-order valence-corrected chi connectivity index (χ2v) is 5.43. The van der Waals surface area contributed by atoms with Crippen molar-refractivity contribution in [2.24, 2.45) is 0 Å². The molecule has 1 amide bonds. The van der Waals surface area contributed by atoms with Crippen LogP contribution < -0.4 is 5.32 Å². The molecule has 0 fully saturated rings. The van der Waals surface area contributed by atoms with Crippen LogP contribution in [0.3, 0.4) is 0 Å². The molecule has 2 aromatic rings. The van der Waals surface area contributed by atoms with E-state index in [9.17, 15) is 18.0 Å². The molecule has 8 heteroatoms. The van der Waals surface area contributed by atoms with Gasteiger partial charge in [0.1, 0.15) is 6.54 Å². The molecule has 2 heterocycles. The third-order valence-electron chi connectivity index (χ3n) is 3.76. The number of carbonyl (C=O) groups is 1. The summed E-state index contributed by atoms with van der Waals surface area (Å²) >= 11 is 0. The summed E-state index contributed by atoms with van der Waals surface area (Å²) in [5.41, 5.74) is 0.388. The number of amides is 1. The lowest BCUT2D eigenvalue weighted by Crippen LogP contribution is -2.21. The summed E-state index contributed by atoms with van der Waals surface area (Å²) in [5.74, 6) is -0.428. The highest BCUT2D eigenvalue weighted by atomic mass is 19.4. The van der Waals surface area contributed by atoms with Crippen molar-refractivity contribution in [1.82, 2.24) is 14.8 Å². The molecule has 0 saturated heterocycles. The van der Waals surface area contributed by atoms with Crippen molar-refractivity contribution in [3.63, 3.8) is 0 Å².